The van der Waals surface area contributed by atoms with Crippen molar-refractivity contribution in [3.8, 4) is 0 Å². The van der Waals surface area contributed by atoms with Crippen molar-refractivity contribution in [1.29, 1.82) is 0 Å². The average molecular weight is 330 g/mol. The molecule has 1 aliphatic rings. The Morgan fingerprint density at radius 2 is 2.13 bits per heavy atom. The molecular weight excluding hydrogens is 312 g/mol. The summed E-state index contributed by atoms with van der Waals surface area (Å²) in [6, 6.07) is 8.66. The van der Waals surface area contributed by atoms with Crippen LogP contribution in [0.15, 0.2) is 41.1 Å². The van der Waals surface area contributed by atoms with Crippen molar-refractivity contribution in [3.63, 3.8) is 0 Å². The van der Waals surface area contributed by atoms with Gasteiger partial charge in [0.25, 0.3) is 11.8 Å². The molecule has 6 heteroatoms. The number of hydrogen-bond donors (Lipinski definition) is 2. The Morgan fingerprint density at radius 3 is 2.87 bits per heavy atom. The van der Waals surface area contributed by atoms with Gasteiger partial charge in [0.1, 0.15) is 0 Å². The molecule has 2 N–H and O–H groups in total. The summed E-state index contributed by atoms with van der Waals surface area (Å²) in [5.74, 6) is -0.306. The van der Waals surface area contributed by atoms with Gasteiger partial charge in [0.2, 0.25) is 0 Å². The zero-order chi connectivity index (χ0) is 16.2. The molecule has 120 valence electrons. The number of amides is 2. The van der Waals surface area contributed by atoms with Crippen molar-refractivity contribution in [2.45, 2.75) is 18.9 Å². The number of carbonyl (C=O) groups is 2. The lowest BCUT2D eigenvalue weighted by molar-refractivity contribution is 0.0474. The number of nitrogens with one attached hydrogen (secondary N) is 1. The van der Waals surface area contributed by atoms with Crippen molar-refractivity contribution >= 4 is 28.8 Å². The van der Waals surface area contributed by atoms with E-state index < -0.39 is 6.10 Å². The molecule has 23 heavy (non-hydrogen) atoms. The highest BCUT2D eigenvalue weighted by Crippen LogP contribution is 2.18. The maximum Gasteiger partial charge on any atom is 0.256 e. The maximum absolute atomic E-state index is 12.5. The van der Waals surface area contributed by atoms with E-state index in [2.05, 4.69) is 5.32 Å². The van der Waals surface area contributed by atoms with Crippen LogP contribution in [0.3, 0.4) is 0 Å². The molecule has 5 nitrogen and oxygen atoms in total. The van der Waals surface area contributed by atoms with Gasteiger partial charge in [-0.25, -0.2) is 0 Å². The van der Waals surface area contributed by atoms with Crippen LogP contribution < -0.4 is 5.32 Å². The SMILES string of the molecule is O=C(Nc1cccc(C(=O)N2CCCC(O)C2)c1)c1ccsc1. The van der Waals surface area contributed by atoms with Crippen LogP contribution in [0, 0.1) is 0 Å². The molecule has 0 saturated carbocycles. The highest BCUT2D eigenvalue weighted by molar-refractivity contribution is 7.08. The molecule has 1 saturated heterocycles. The van der Waals surface area contributed by atoms with Gasteiger partial charge >= 0.3 is 0 Å². The Hall–Kier alpha value is -2.18. The summed E-state index contributed by atoms with van der Waals surface area (Å²) in [5, 5.41) is 16.1. The Labute approximate surface area is 138 Å². The summed E-state index contributed by atoms with van der Waals surface area (Å²) in [6.07, 6.45) is 1.09. The number of carbonyl (C=O) groups excluding carboxylic acids is 2. The van der Waals surface area contributed by atoms with E-state index in [0.717, 1.165) is 12.8 Å². The van der Waals surface area contributed by atoms with Gasteiger partial charge < -0.3 is 15.3 Å². The molecule has 1 aromatic carbocycles. The molecule has 0 aliphatic carbocycles. The Kier molecular flexibility index (Phi) is 4.73. The zero-order valence-electron chi connectivity index (χ0n) is 12.6. The number of rotatable bonds is 3. The maximum atomic E-state index is 12.5. The molecule has 1 aliphatic heterocycles. The fourth-order valence-electron chi connectivity index (χ4n) is 2.65. The number of anilines is 1. The molecule has 0 bridgehead atoms. The quantitative estimate of drug-likeness (QED) is 0.909. The molecular formula is C17H18N2O3S. The van der Waals surface area contributed by atoms with Gasteiger partial charge in [0.15, 0.2) is 0 Å². The summed E-state index contributed by atoms with van der Waals surface area (Å²) in [5.41, 5.74) is 1.71. The van der Waals surface area contributed by atoms with Crippen molar-refractivity contribution in [3.05, 3.63) is 52.2 Å². The molecule has 0 spiro atoms. The molecule has 1 unspecified atom stereocenters. The van der Waals surface area contributed by atoms with Gasteiger partial charge in [0.05, 0.1) is 11.7 Å². The summed E-state index contributed by atoms with van der Waals surface area (Å²) in [7, 11) is 0. The van der Waals surface area contributed by atoms with E-state index in [1.807, 2.05) is 5.38 Å². The molecule has 2 heterocycles. The molecule has 3 rings (SSSR count). The normalized spacial score (nSPS) is 17.8. The van der Waals surface area contributed by atoms with Crippen LogP contribution >= 0.6 is 11.3 Å². The highest BCUT2D eigenvalue weighted by atomic mass is 32.1. The smallest absolute Gasteiger partial charge is 0.256 e. The Balaban J connectivity index is 1.72. The second kappa shape index (κ2) is 6.93. The standard InChI is InChI=1S/C17H18N2O3S/c20-15-5-2-7-19(10-15)17(22)12-3-1-4-14(9-12)18-16(21)13-6-8-23-11-13/h1,3-4,6,8-9,11,15,20H,2,5,7,10H2,(H,18,21). The first-order chi connectivity index (χ1) is 11.1. The summed E-state index contributed by atoms with van der Waals surface area (Å²) in [6.45, 7) is 1.02. The van der Waals surface area contributed by atoms with Crippen molar-refractivity contribution in [2.75, 3.05) is 18.4 Å². The minimum absolute atomic E-state index is 0.115. The van der Waals surface area contributed by atoms with E-state index in [0.29, 0.717) is 29.9 Å². The van der Waals surface area contributed by atoms with Gasteiger partial charge in [0, 0.05) is 29.7 Å². The number of likely N-dealkylation sites (tertiary alicyclic amines) is 1. The van der Waals surface area contributed by atoms with E-state index in [1.165, 1.54) is 11.3 Å². The van der Waals surface area contributed by atoms with Crippen LogP contribution in [0.1, 0.15) is 33.6 Å². The third kappa shape index (κ3) is 3.78. The number of piperidine rings is 1. The summed E-state index contributed by atoms with van der Waals surface area (Å²) >= 11 is 1.46. The van der Waals surface area contributed by atoms with Gasteiger partial charge in [-0.2, -0.15) is 11.3 Å². The van der Waals surface area contributed by atoms with E-state index in [1.54, 1.807) is 40.6 Å². The van der Waals surface area contributed by atoms with Gasteiger partial charge in [-0.15, -0.1) is 0 Å². The topological polar surface area (TPSA) is 69.6 Å². The summed E-state index contributed by atoms with van der Waals surface area (Å²) < 4.78 is 0. The third-order valence-corrected chi connectivity index (χ3v) is 4.52. The third-order valence-electron chi connectivity index (χ3n) is 3.83. The number of hydrogen-bond acceptors (Lipinski definition) is 4. The molecule has 1 aromatic heterocycles. The van der Waals surface area contributed by atoms with Crippen molar-refractivity contribution in [1.82, 2.24) is 4.90 Å². The zero-order valence-corrected chi connectivity index (χ0v) is 13.4. The first-order valence-electron chi connectivity index (χ1n) is 7.54. The van der Waals surface area contributed by atoms with Crippen LogP contribution in [0.4, 0.5) is 5.69 Å². The van der Waals surface area contributed by atoms with Crippen LogP contribution in [0.5, 0.6) is 0 Å². The Morgan fingerprint density at radius 1 is 1.26 bits per heavy atom. The molecule has 2 aromatic rings. The number of nitrogens with zero attached hydrogens (tertiary/aromatic N) is 1. The van der Waals surface area contributed by atoms with Crippen LogP contribution in [-0.2, 0) is 0 Å². The van der Waals surface area contributed by atoms with E-state index in [9.17, 15) is 14.7 Å². The minimum Gasteiger partial charge on any atom is -0.391 e. The lowest BCUT2D eigenvalue weighted by Crippen LogP contribution is -2.42. The lowest BCUT2D eigenvalue weighted by Gasteiger charge is -2.30. The molecule has 1 atom stereocenters. The van der Waals surface area contributed by atoms with E-state index >= 15 is 0 Å². The van der Waals surface area contributed by atoms with Crippen molar-refractivity contribution in [2.24, 2.45) is 0 Å². The van der Waals surface area contributed by atoms with Gasteiger partial charge in [-0.1, -0.05) is 6.07 Å². The number of thiophene rings is 1. The largest absolute Gasteiger partial charge is 0.391 e. The summed E-state index contributed by atoms with van der Waals surface area (Å²) in [4.78, 5) is 26.2. The van der Waals surface area contributed by atoms with Crippen LogP contribution in [0.2, 0.25) is 0 Å². The first kappa shape index (κ1) is 15.7. The number of β-amino-alcohol motifs (C(OH)–C–C–N with tert-alkyl or cyclic N) is 1. The minimum atomic E-state index is -0.450. The second-order valence-electron chi connectivity index (χ2n) is 5.59. The number of benzene rings is 1. The van der Waals surface area contributed by atoms with Gasteiger partial charge in [-0.05, 0) is 42.5 Å². The second-order valence-corrected chi connectivity index (χ2v) is 6.37. The molecule has 1 fully saturated rings. The first-order valence-corrected chi connectivity index (χ1v) is 8.49. The number of aliphatic hydroxyl groups excluding tert-OH is 1. The van der Waals surface area contributed by atoms with Crippen molar-refractivity contribution < 1.29 is 14.7 Å². The molecule has 0 radical (unpaired) electrons. The molecule has 2 amide bonds. The lowest BCUT2D eigenvalue weighted by atomic mass is 10.1. The predicted octanol–water partition coefficient (Wildman–Crippen LogP) is 2.60. The number of aliphatic hydroxyl groups is 1. The fraction of sp³-hybridized carbons (Fsp3) is 0.294. The highest BCUT2D eigenvalue weighted by Gasteiger charge is 2.23. The Bertz CT molecular complexity index is 700. The van der Waals surface area contributed by atoms with Gasteiger partial charge in [-0.3, -0.25) is 9.59 Å². The fourth-order valence-corrected chi connectivity index (χ4v) is 3.28. The average Bonchev–Trinajstić information content (AvgIpc) is 3.09. The monoisotopic (exact) mass is 330 g/mol. The predicted molar refractivity (Wildman–Crippen MR) is 89.9 cm³/mol. The van der Waals surface area contributed by atoms with E-state index in [-0.39, 0.29) is 11.8 Å². The van der Waals surface area contributed by atoms with E-state index in [4.69, 9.17) is 0 Å². The van der Waals surface area contributed by atoms with Crippen LogP contribution in [0.25, 0.3) is 0 Å². The van der Waals surface area contributed by atoms with Crippen LogP contribution in [-0.4, -0.2) is 41.0 Å².